The number of hydrogen-bond donors (Lipinski definition) is 3. The van der Waals surface area contributed by atoms with E-state index in [-0.39, 0.29) is 105 Å². The maximum atomic E-state index is 11.8. The number of rotatable bonds is 10. The van der Waals surface area contributed by atoms with Gasteiger partial charge < -0.3 is 30.0 Å². The Morgan fingerprint density at radius 3 is 1.77 bits per heavy atom. The molecular weight excluding hydrogens is 516 g/mol. The van der Waals surface area contributed by atoms with E-state index in [1.54, 1.807) is 28.0 Å². The third-order valence-electron chi connectivity index (χ3n) is 5.35. The second-order valence-electron chi connectivity index (χ2n) is 7.72. The third kappa shape index (κ3) is 11.8. The number of carboxylic acids is 4. The van der Waals surface area contributed by atoms with Crippen molar-refractivity contribution < 1.29 is 91.0 Å². The van der Waals surface area contributed by atoms with E-state index in [0.717, 1.165) is 0 Å². The topological polar surface area (TPSA) is 181 Å². The van der Waals surface area contributed by atoms with Gasteiger partial charge in [0.1, 0.15) is 12.1 Å². The van der Waals surface area contributed by atoms with Crippen LogP contribution >= 0.6 is 0 Å². The van der Waals surface area contributed by atoms with E-state index in [1.165, 1.54) is 0 Å². The van der Waals surface area contributed by atoms with Crippen LogP contribution in [0, 0.1) is 0 Å². The summed E-state index contributed by atoms with van der Waals surface area (Å²) in [6.45, 7) is 0.937. The molecule has 2 heterocycles. The summed E-state index contributed by atoms with van der Waals surface area (Å²) in [6, 6.07) is 3.03. The number of aliphatic carboxylic acids is 4. The van der Waals surface area contributed by atoms with Gasteiger partial charge in [-0.05, 0) is 31.4 Å². The molecule has 0 aliphatic carbocycles. The van der Waals surface area contributed by atoms with E-state index in [1.807, 2.05) is 0 Å². The summed E-state index contributed by atoms with van der Waals surface area (Å²) in [6.07, 6.45) is -0.894. The van der Waals surface area contributed by atoms with Crippen LogP contribution in [0.15, 0.2) is 18.2 Å². The SMILES string of the molecule is O=C([O-])CC[C@@H](C(=O)O)N1CCOCCN([C@H](CCC(=O)O)C(=O)O)Cc2cccc(n2)C1.[Mn].[Na+]. The van der Waals surface area contributed by atoms with Crippen molar-refractivity contribution >= 4 is 23.9 Å². The van der Waals surface area contributed by atoms with Gasteiger partial charge in [0.2, 0.25) is 0 Å². The van der Waals surface area contributed by atoms with Crippen LogP contribution in [-0.2, 0) is 54.1 Å². The molecule has 12 nitrogen and oxygen atoms in total. The number of carboxylic acid groups (broad SMARTS) is 4. The van der Waals surface area contributed by atoms with Crippen LogP contribution in [0.3, 0.4) is 0 Å². The fourth-order valence-electron chi connectivity index (χ4n) is 3.72. The van der Waals surface area contributed by atoms with Gasteiger partial charge in [-0.2, -0.15) is 0 Å². The first-order valence-corrected chi connectivity index (χ1v) is 10.5. The number of carbonyl (C=O) groups excluding carboxylic acids is 1. The number of nitrogens with zero attached hydrogens (tertiary/aromatic N) is 3. The van der Waals surface area contributed by atoms with E-state index in [2.05, 4.69) is 4.98 Å². The van der Waals surface area contributed by atoms with Gasteiger partial charge in [-0.3, -0.25) is 29.2 Å². The van der Waals surface area contributed by atoms with E-state index < -0.39 is 42.4 Å². The van der Waals surface area contributed by atoms with Gasteiger partial charge in [0, 0.05) is 55.6 Å². The van der Waals surface area contributed by atoms with Gasteiger partial charge in [-0.25, -0.2) is 0 Å². The Kier molecular flexibility index (Phi) is 16.2. The minimum atomic E-state index is -1.33. The first-order chi connectivity index (χ1) is 15.7. The van der Waals surface area contributed by atoms with Crippen LogP contribution in [-0.4, -0.2) is 92.4 Å². The fourth-order valence-corrected chi connectivity index (χ4v) is 3.72. The van der Waals surface area contributed by atoms with E-state index in [9.17, 15) is 34.5 Å². The molecule has 0 fully saturated rings. The molecule has 2 bridgehead atoms. The predicted octanol–water partition coefficient (Wildman–Crippen LogP) is -3.98. The van der Waals surface area contributed by atoms with Crippen LogP contribution in [0.4, 0.5) is 0 Å². The van der Waals surface area contributed by atoms with Crippen molar-refractivity contribution in [2.75, 3.05) is 26.3 Å². The monoisotopic (exact) mass is 544 g/mol. The zero-order valence-corrected chi connectivity index (χ0v) is 22.6. The summed E-state index contributed by atoms with van der Waals surface area (Å²) < 4.78 is 5.61. The molecule has 1 aliphatic rings. The number of hydrogen-bond acceptors (Lipinski definition) is 9. The first kappa shape index (κ1) is 33.4. The molecule has 2 rings (SSSR count). The van der Waals surface area contributed by atoms with Crippen molar-refractivity contribution in [2.45, 2.75) is 50.9 Å². The summed E-state index contributed by atoms with van der Waals surface area (Å²) in [5.41, 5.74) is 1.07. The minimum Gasteiger partial charge on any atom is -0.550 e. The van der Waals surface area contributed by atoms with Gasteiger partial charge in [-0.15, -0.1) is 0 Å². The largest absolute Gasteiger partial charge is 1.00 e. The number of ether oxygens (including phenoxy) is 1. The number of fused-ring (bicyclic) bond motifs is 2. The summed E-state index contributed by atoms with van der Waals surface area (Å²) in [5.74, 6) is -4.71. The summed E-state index contributed by atoms with van der Waals surface area (Å²) in [7, 11) is 0. The molecule has 0 saturated carbocycles. The minimum absolute atomic E-state index is 0. The maximum Gasteiger partial charge on any atom is 1.00 e. The molecule has 1 aromatic heterocycles. The molecular formula is C21H28MnN3NaO9. The Labute approximate surface area is 235 Å². The predicted molar refractivity (Wildman–Crippen MR) is 110 cm³/mol. The summed E-state index contributed by atoms with van der Waals surface area (Å²) >= 11 is 0. The zero-order chi connectivity index (χ0) is 24.4. The van der Waals surface area contributed by atoms with Crippen LogP contribution < -0.4 is 34.7 Å². The van der Waals surface area contributed by atoms with Crippen LogP contribution in [0.25, 0.3) is 0 Å². The molecule has 1 aromatic rings. The van der Waals surface area contributed by atoms with Crippen LogP contribution in [0.1, 0.15) is 37.1 Å². The second kappa shape index (κ2) is 17.0. The average Bonchev–Trinajstić information content (AvgIpc) is 2.71. The average molecular weight is 544 g/mol. The van der Waals surface area contributed by atoms with Gasteiger partial charge in [0.25, 0.3) is 0 Å². The molecule has 1 radical (unpaired) electrons. The molecule has 0 aromatic carbocycles. The summed E-state index contributed by atoms with van der Waals surface area (Å²) in [4.78, 5) is 53.1. The quantitative estimate of drug-likeness (QED) is 0.244. The van der Waals surface area contributed by atoms with Crippen molar-refractivity contribution in [3.63, 3.8) is 0 Å². The second-order valence-corrected chi connectivity index (χ2v) is 7.72. The Balaban J connectivity index is 0.00000578. The molecule has 0 amide bonds. The van der Waals surface area contributed by atoms with E-state index in [4.69, 9.17) is 9.84 Å². The smallest absolute Gasteiger partial charge is 0.550 e. The number of aromatic nitrogens is 1. The standard InChI is InChI=1S/C21H29N3O9.Mn.Na/c25-18(26)6-4-16(20(29)30)23-8-10-33-11-9-24(17(21(31)32)5-7-19(27)28)13-15-3-1-2-14(12-23)22-15;;/h1-3,16-17H,4-13H2,(H,25,26)(H,27,28)(H,29,30)(H,31,32);;/q;;+1/p-1/t16-,17+;;. The number of carbonyl (C=O) groups is 4. The van der Waals surface area contributed by atoms with Gasteiger partial charge in [0.05, 0.1) is 24.6 Å². The van der Waals surface area contributed by atoms with Crippen molar-refractivity contribution in [2.24, 2.45) is 0 Å². The number of pyridine rings is 1. The maximum absolute atomic E-state index is 11.8. The molecule has 14 heteroatoms. The van der Waals surface area contributed by atoms with Crippen molar-refractivity contribution in [1.29, 1.82) is 0 Å². The molecule has 0 unspecified atom stereocenters. The molecule has 2 atom stereocenters. The van der Waals surface area contributed by atoms with Crippen LogP contribution in [0.2, 0.25) is 0 Å². The third-order valence-corrected chi connectivity index (χ3v) is 5.35. The molecule has 0 spiro atoms. The molecule has 35 heavy (non-hydrogen) atoms. The van der Waals surface area contributed by atoms with Crippen molar-refractivity contribution in [3.8, 4) is 0 Å². The molecule has 0 saturated heterocycles. The molecule has 3 N–H and O–H groups in total. The van der Waals surface area contributed by atoms with Crippen molar-refractivity contribution in [3.05, 3.63) is 29.6 Å². The Morgan fingerprint density at radius 2 is 1.37 bits per heavy atom. The fraction of sp³-hybridized carbons (Fsp3) is 0.571. The van der Waals surface area contributed by atoms with Crippen molar-refractivity contribution in [1.82, 2.24) is 14.8 Å². The van der Waals surface area contributed by atoms with Gasteiger partial charge in [-0.1, -0.05) is 6.07 Å². The van der Waals surface area contributed by atoms with Gasteiger partial charge >= 0.3 is 47.5 Å². The molecule has 1 aliphatic heterocycles. The zero-order valence-electron chi connectivity index (χ0n) is 19.5. The molecule has 189 valence electrons. The van der Waals surface area contributed by atoms with E-state index in [0.29, 0.717) is 11.4 Å². The van der Waals surface area contributed by atoms with Crippen LogP contribution in [0.5, 0.6) is 0 Å². The Morgan fingerprint density at radius 1 is 0.914 bits per heavy atom. The van der Waals surface area contributed by atoms with Gasteiger partial charge in [0.15, 0.2) is 0 Å². The summed E-state index contributed by atoms with van der Waals surface area (Å²) in [5, 5.41) is 39.0. The first-order valence-electron chi connectivity index (χ1n) is 10.5. The Bertz CT molecular complexity index is 798. The normalized spacial score (nSPS) is 16.8. The van der Waals surface area contributed by atoms with E-state index >= 15 is 0 Å². The Hall–Kier alpha value is -1.57.